The molecule has 92 valence electrons. The molecule has 2 atom stereocenters. The summed E-state index contributed by atoms with van der Waals surface area (Å²) in [4.78, 5) is 13.3. The Hall–Kier alpha value is -1.06. The van der Waals surface area contributed by atoms with E-state index in [1.54, 1.807) is 0 Å². The van der Waals surface area contributed by atoms with Gasteiger partial charge in [0.2, 0.25) is 0 Å². The molecule has 0 amide bonds. The Kier molecular flexibility index (Phi) is 3.40. The lowest BCUT2D eigenvalue weighted by Gasteiger charge is -2.16. The fraction of sp³-hybridized carbons (Fsp3) is 0.462. The van der Waals surface area contributed by atoms with Crippen molar-refractivity contribution < 1.29 is 9.90 Å². The minimum atomic E-state index is -0.740. The molecule has 0 radical (unpaired) electrons. The van der Waals surface area contributed by atoms with Crippen LogP contribution in [0.5, 0.6) is 0 Å². The van der Waals surface area contributed by atoms with Crippen molar-refractivity contribution in [1.82, 2.24) is 4.90 Å². The van der Waals surface area contributed by atoms with Crippen LogP contribution in [-0.2, 0) is 4.79 Å². The number of carboxylic acid groups (broad SMARTS) is 1. The summed E-state index contributed by atoms with van der Waals surface area (Å²) >= 11 is 6.22. The molecule has 1 aromatic rings. The van der Waals surface area contributed by atoms with Gasteiger partial charge in [-0.25, -0.2) is 0 Å². The maximum absolute atomic E-state index is 11.2. The monoisotopic (exact) mass is 253 g/mol. The number of aryl methyl sites for hydroxylation is 1. The number of carboxylic acids is 1. The largest absolute Gasteiger partial charge is 0.481 e. The zero-order valence-corrected chi connectivity index (χ0v) is 10.7. The Morgan fingerprint density at radius 3 is 2.76 bits per heavy atom. The van der Waals surface area contributed by atoms with Crippen LogP contribution in [-0.4, -0.2) is 36.1 Å². The van der Waals surface area contributed by atoms with E-state index in [9.17, 15) is 9.90 Å². The molecule has 3 nitrogen and oxygen atoms in total. The Balaban J connectivity index is 2.34. The van der Waals surface area contributed by atoms with Crippen LogP contribution in [0.1, 0.15) is 17.0 Å². The van der Waals surface area contributed by atoms with Crippen molar-refractivity contribution in [1.29, 1.82) is 0 Å². The van der Waals surface area contributed by atoms with Gasteiger partial charge in [-0.15, -0.1) is 0 Å². The van der Waals surface area contributed by atoms with Crippen LogP contribution >= 0.6 is 11.6 Å². The van der Waals surface area contributed by atoms with Crippen LogP contribution < -0.4 is 0 Å². The van der Waals surface area contributed by atoms with Gasteiger partial charge in [0.15, 0.2) is 0 Å². The molecule has 2 unspecified atom stereocenters. The molecular weight excluding hydrogens is 238 g/mol. The number of likely N-dealkylation sites (tertiary alicyclic amines) is 1. The average molecular weight is 254 g/mol. The zero-order chi connectivity index (χ0) is 12.6. The van der Waals surface area contributed by atoms with Crippen molar-refractivity contribution in [2.45, 2.75) is 12.8 Å². The molecule has 1 heterocycles. The van der Waals surface area contributed by atoms with Gasteiger partial charge in [0.1, 0.15) is 0 Å². The van der Waals surface area contributed by atoms with Crippen molar-refractivity contribution in [3.05, 3.63) is 34.3 Å². The first kappa shape index (κ1) is 12.4. The average Bonchev–Trinajstić information content (AvgIpc) is 2.60. The summed E-state index contributed by atoms with van der Waals surface area (Å²) in [6.07, 6.45) is 0. The molecule has 2 rings (SSSR count). The second-order valence-electron chi connectivity index (χ2n) is 4.80. The molecule has 1 aliphatic heterocycles. The molecule has 1 N–H and O–H groups in total. The third-order valence-corrected chi connectivity index (χ3v) is 3.70. The molecule has 1 fully saturated rings. The normalized spacial score (nSPS) is 25.1. The predicted octanol–water partition coefficient (Wildman–Crippen LogP) is 2.38. The number of nitrogens with zero attached hydrogens (tertiary/aromatic N) is 1. The van der Waals surface area contributed by atoms with Gasteiger partial charge in [-0.3, -0.25) is 4.79 Å². The Morgan fingerprint density at radius 2 is 2.18 bits per heavy atom. The van der Waals surface area contributed by atoms with Gasteiger partial charge in [0.05, 0.1) is 5.92 Å². The second-order valence-corrected chi connectivity index (χ2v) is 5.20. The first-order chi connectivity index (χ1) is 7.99. The smallest absolute Gasteiger partial charge is 0.308 e. The van der Waals surface area contributed by atoms with Gasteiger partial charge in [0.25, 0.3) is 0 Å². The molecule has 1 aliphatic rings. The number of rotatable bonds is 2. The lowest BCUT2D eigenvalue weighted by Crippen LogP contribution is -2.21. The number of halogens is 1. The standard InChI is InChI=1S/C13H16ClNO2/c1-8-3-4-9(12(14)5-8)10-6-15(2)7-11(10)13(16)17/h3-5,10-11H,6-7H2,1-2H3,(H,16,17). The Morgan fingerprint density at radius 1 is 1.47 bits per heavy atom. The van der Waals surface area contributed by atoms with Crippen LogP contribution in [0.3, 0.4) is 0 Å². The van der Waals surface area contributed by atoms with Crippen LogP contribution in [0.25, 0.3) is 0 Å². The lowest BCUT2D eigenvalue weighted by atomic mass is 9.88. The summed E-state index contributed by atoms with van der Waals surface area (Å²) in [6, 6.07) is 5.84. The highest BCUT2D eigenvalue weighted by Crippen LogP contribution is 2.36. The first-order valence-electron chi connectivity index (χ1n) is 5.66. The molecule has 4 heteroatoms. The number of hydrogen-bond acceptors (Lipinski definition) is 2. The molecule has 17 heavy (non-hydrogen) atoms. The highest BCUT2D eigenvalue weighted by molar-refractivity contribution is 6.31. The summed E-state index contributed by atoms with van der Waals surface area (Å²) in [7, 11) is 1.94. The summed E-state index contributed by atoms with van der Waals surface area (Å²) in [5, 5.41) is 9.92. The van der Waals surface area contributed by atoms with Crippen LogP contribution in [0.4, 0.5) is 0 Å². The van der Waals surface area contributed by atoms with Crippen LogP contribution in [0.2, 0.25) is 5.02 Å². The quantitative estimate of drug-likeness (QED) is 0.880. The maximum Gasteiger partial charge on any atom is 0.308 e. The molecule has 0 spiro atoms. The Labute approximate surface area is 106 Å². The fourth-order valence-electron chi connectivity index (χ4n) is 2.50. The molecule has 1 aromatic carbocycles. The molecule has 0 aromatic heterocycles. The number of hydrogen-bond donors (Lipinski definition) is 1. The van der Waals surface area contributed by atoms with E-state index < -0.39 is 5.97 Å². The summed E-state index contributed by atoms with van der Waals surface area (Å²) in [6.45, 7) is 3.31. The number of benzene rings is 1. The minimum Gasteiger partial charge on any atom is -0.481 e. The van der Waals surface area contributed by atoms with Crippen LogP contribution in [0, 0.1) is 12.8 Å². The summed E-state index contributed by atoms with van der Waals surface area (Å²) < 4.78 is 0. The van der Waals surface area contributed by atoms with E-state index in [2.05, 4.69) is 0 Å². The minimum absolute atomic E-state index is 0.00870. The lowest BCUT2D eigenvalue weighted by molar-refractivity contribution is -0.141. The van der Waals surface area contributed by atoms with Gasteiger partial charge in [-0.05, 0) is 31.2 Å². The second kappa shape index (κ2) is 4.67. The third kappa shape index (κ3) is 2.45. The topological polar surface area (TPSA) is 40.5 Å². The number of aliphatic carboxylic acids is 1. The number of carbonyl (C=O) groups is 1. The molecule has 0 aliphatic carbocycles. The van der Waals surface area contributed by atoms with E-state index in [1.807, 2.05) is 37.1 Å². The van der Waals surface area contributed by atoms with Gasteiger partial charge >= 0.3 is 5.97 Å². The van der Waals surface area contributed by atoms with E-state index in [4.69, 9.17) is 11.6 Å². The van der Waals surface area contributed by atoms with Crippen LogP contribution in [0.15, 0.2) is 18.2 Å². The SMILES string of the molecule is Cc1ccc(C2CN(C)CC2C(=O)O)c(Cl)c1. The zero-order valence-electron chi connectivity index (χ0n) is 9.98. The fourth-order valence-corrected chi connectivity index (χ4v) is 2.87. The Bertz CT molecular complexity index is 447. The highest BCUT2D eigenvalue weighted by atomic mass is 35.5. The molecule has 0 bridgehead atoms. The third-order valence-electron chi connectivity index (χ3n) is 3.38. The van der Waals surface area contributed by atoms with Crippen molar-refractivity contribution >= 4 is 17.6 Å². The van der Waals surface area contributed by atoms with Gasteiger partial charge < -0.3 is 10.0 Å². The first-order valence-corrected chi connectivity index (χ1v) is 6.04. The molecule has 1 saturated heterocycles. The van der Waals surface area contributed by atoms with Gasteiger partial charge in [-0.1, -0.05) is 23.7 Å². The van der Waals surface area contributed by atoms with Crippen molar-refractivity contribution in [3.8, 4) is 0 Å². The van der Waals surface area contributed by atoms with E-state index in [0.717, 1.165) is 17.7 Å². The van der Waals surface area contributed by atoms with E-state index in [1.165, 1.54) is 0 Å². The van der Waals surface area contributed by atoms with Crippen molar-refractivity contribution in [2.75, 3.05) is 20.1 Å². The number of likely N-dealkylation sites (N-methyl/N-ethyl adjacent to an activating group) is 1. The summed E-state index contributed by atoms with van der Waals surface area (Å²) in [5.41, 5.74) is 2.05. The van der Waals surface area contributed by atoms with Crippen molar-refractivity contribution in [2.24, 2.45) is 5.92 Å². The highest BCUT2D eigenvalue weighted by Gasteiger charge is 2.37. The van der Waals surface area contributed by atoms with Gasteiger partial charge in [0, 0.05) is 24.0 Å². The van der Waals surface area contributed by atoms with E-state index in [-0.39, 0.29) is 11.8 Å². The predicted molar refractivity (Wildman–Crippen MR) is 67.6 cm³/mol. The van der Waals surface area contributed by atoms with Crippen molar-refractivity contribution in [3.63, 3.8) is 0 Å². The summed E-state index contributed by atoms with van der Waals surface area (Å²) in [5.74, 6) is -1.11. The van der Waals surface area contributed by atoms with Gasteiger partial charge in [-0.2, -0.15) is 0 Å². The van der Waals surface area contributed by atoms with E-state index >= 15 is 0 Å². The molecule has 0 saturated carbocycles. The maximum atomic E-state index is 11.2. The molecular formula is C13H16ClNO2. The van der Waals surface area contributed by atoms with E-state index in [0.29, 0.717) is 11.6 Å².